The minimum Gasteiger partial charge on any atom is -0.435 e. The van der Waals surface area contributed by atoms with E-state index in [2.05, 4.69) is 27.0 Å². The average Bonchev–Trinajstić information content (AvgIpc) is 2.85. The summed E-state index contributed by atoms with van der Waals surface area (Å²) >= 11 is 3.48. The number of halogens is 1. The van der Waals surface area contributed by atoms with E-state index in [4.69, 9.17) is 10.2 Å². The molecule has 4 heteroatoms. The molecule has 0 atom stereocenters. The number of aromatic nitrogens is 1. The first kappa shape index (κ1) is 12.4. The lowest BCUT2D eigenvalue weighted by Crippen LogP contribution is -2.03. The van der Waals surface area contributed by atoms with Gasteiger partial charge in [-0.05, 0) is 52.7 Å². The quantitative estimate of drug-likeness (QED) is 0.800. The van der Waals surface area contributed by atoms with Crippen LogP contribution in [0.5, 0.6) is 0 Å². The van der Waals surface area contributed by atoms with E-state index >= 15 is 0 Å². The second-order valence-electron chi connectivity index (χ2n) is 4.30. The molecule has 3 aromatic rings. The first-order valence-electron chi connectivity index (χ1n) is 6.13. The number of oxazole rings is 1. The topological polar surface area (TPSA) is 52.0 Å². The fraction of sp³-hybridized carbons (Fsp3) is 0.133. The second-order valence-corrected chi connectivity index (χ2v) is 5.16. The normalized spacial score (nSPS) is 11.1. The highest BCUT2D eigenvalue weighted by molar-refractivity contribution is 9.10. The van der Waals surface area contributed by atoms with Crippen LogP contribution in [0.2, 0.25) is 0 Å². The minimum absolute atomic E-state index is 0.612. The molecule has 0 spiro atoms. The maximum Gasteiger partial charge on any atom is 0.227 e. The number of hydrogen-bond donors (Lipinski definition) is 1. The van der Waals surface area contributed by atoms with Gasteiger partial charge in [0.25, 0.3) is 0 Å². The van der Waals surface area contributed by atoms with Crippen LogP contribution in [0.3, 0.4) is 0 Å². The Morgan fingerprint density at radius 1 is 1.11 bits per heavy atom. The summed E-state index contributed by atoms with van der Waals surface area (Å²) in [7, 11) is 0. The zero-order valence-electron chi connectivity index (χ0n) is 10.3. The Balaban J connectivity index is 2.17. The van der Waals surface area contributed by atoms with Crippen LogP contribution < -0.4 is 5.73 Å². The monoisotopic (exact) mass is 316 g/mol. The zero-order chi connectivity index (χ0) is 13.2. The zero-order valence-corrected chi connectivity index (χ0v) is 11.9. The highest BCUT2D eigenvalue weighted by Gasteiger charge is 2.12. The molecule has 96 valence electrons. The Morgan fingerprint density at radius 3 is 2.74 bits per heavy atom. The largest absolute Gasteiger partial charge is 0.435 e. The molecule has 0 amide bonds. The number of fused-ring (bicyclic) bond motifs is 1. The third-order valence-corrected chi connectivity index (χ3v) is 3.65. The van der Waals surface area contributed by atoms with E-state index in [1.165, 1.54) is 0 Å². The predicted molar refractivity (Wildman–Crippen MR) is 79.9 cm³/mol. The van der Waals surface area contributed by atoms with Crippen LogP contribution in [-0.4, -0.2) is 11.5 Å². The van der Waals surface area contributed by atoms with Gasteiger partial charge in [0.1, 0.15) is 5.52 Å². The lowest BCUT2D eigenvalue weighted by molar-refractivity contribution is 0.617. The van der Waals surface area contributed by atoms with Gasteiger partial charge in [-0.2, -0.15) is 0 Å². The van der Waals surface area contributed by atoms with Gasteiger partial charge in [0.2, 0.25) is 5.89 Å². The Bertz CT molecular complexity index is 721. The smallest absolute Gasteiger partial charge is 0.227 e. The van der Waals surface area contributed by atoms with Gasteiger partial charge in [0.15, 0.2) is 5.58 Å². The van der Waals surface area contributed by atoms with Crippen LogP contribution in [0.15, 0.2) is 51.4 Å². The summed E-state index contributed by atoms with van der Waals surface area (Å²) in [5, 5.41) is 0. The molecule has 2 N–H and O–H groups in total. The molecule has 0 unspecified atom stereocenters. The lowest BCUT2D eigenvalue weighted by Gasteiger charge is -2.04. The van der Waals surface area contributed by atoms with Crippen LogP contribution >= 0.6 is 15.9 Å². The number of hydrogen-bond acceptors (Lipinski definition) is 3. The Hall–Kier alpha value is -1.65. The third-order valence-electron chi connectivity index (χ3n) is 3.03. The molecule has 0 aliphatic carbocycles. The molecule has 1 heterocycles. The molecule has 1 aromatic heterocycles. The van der Waals surface area contributed by atoms with Gasteiger partial charge in [-0.15, -0.1) is 0 Å². The van der Waals surface area contributed by atoms with Crippen molar-refractivity contribution in [2.75, 3.05) is 6.54 Å². The Labute approximate surface area is 119 Å². The Morgan fingerprint density at radius 2 is 1.95 bits per heavy atom. The van der Waals surface area contributed by atoms with Crippen LogP contribution in [-0.2, 0) is 6.42 Å². The third kappa shape index (κ3) is 2.29. The van der Waals surface area contributed by atoms with E-state index in [9.17, 15) is 0 Å². The number of rotatable bonds is 3. The van der Waals surface area contributed by atoms with E-state index in [-0.39, 0.29) is 0 Å². The summed E-state index contributed by atoms with van der Waals surface area (Å²) in [6.45, 7) is 0.612. The molecule has 3 nitrogen and oxygen atoms in total. The summed E-state index contributed by atoms with van der Waals surface area (Å²) < 4.78 is 6.79. The molecule has 0 bridgehead atoms. The molecule has 0 aliphatic heterocycles. The average molecular weight is 317 g/mol. The van der Waals surface area contributed by atoms with Crippen LogP contribution in [0.4, 0.5) is 0 Å². The van der Waals surface area contributed by atoms with Crippen LogP contribution in [0.25, 0.3) is 22.6 Å². The van der Waals surface area contributed by atoms with E-state index in [1.54, 1.807) is 0 Å². The molecule has 0 saturated carbocycles. The van der Waals surface area contributed by atoms with Crippen molar-refractivity contribution in [3.8, 4) is 11.5 Å². The highest BCUT2D eigenvalue weighted by Crippen LogP contribution is 2.30. The lowest BCUT2D eigenvalue weighted by atomic mass is 10.0. The van der Waals surface area contributed by atoms with Gasteiger partial charge < -0.3 is 10.2 Å². The first-order chi connectivity index (χ1) is 9.29. The molecular weight excluding hydrogens is 304 g/mol. The molecule has 2 aromatic carbocycles. The van der Waals surface area contributed by atoms with Crippen molar-refractivity contribution >= 4 is 27.0 Å². The standard InChI is InChI=1S/C15H13BrN2O/c16-12-6-3-7-13-14(12)19-15(18-13)11-5-2-1-4-10(11)8-9-17/h1-7H,8-9,17H2. The number of benzene rings is 2. The van der Waals surface area contributed by atoms with Gasteiger partial charge in [-0.1, -0.05) is 24.3 Å². The van der Waals surface area contributed by atoms with Crippen molar-refractivity contribution in [3.05, 3.63) is 52.5 Å². The summed E-state index contributed by atoms with van der Waals surface area (Å²) in [6.07, 6.45) is 0.816. The fourth-order valence-electron chi connectivity index (χ4n) is 2.13. The first-order valence-corrected chi connectivity index (χ1v) is 6.92. The van der Waals surface area contributed by atoms with Gasteiger partial charge in [-0.3, -0.25) is 0 Å². The maximum absolute atomic E-state index is 5.87. The Kier molecular flexibility index (Phi) is 3.36. The van der Waals surface area contributed by atoms with Crippen molar-refractivity contribution in [1.29, 1.82) is 0 Å². The van der Waals surface area contributed by atoms with Crippen molar-refractivity contribution in [2.24, 2.45) is 5.73 Å². The number of nitrogens with two attached hydrogens (primary N) is 1. The van der Waals surface area contributed by atoms with E-state index in [0.29, 0.717) is 12.4 Å². The van der Waals surface area contributed by atoms with Crippen molar-refractivity contribution in [2.45, 2.75) is 6.42 Å². The van der Waals surface area contributed by atoms with E-state index in [0.717, 1.165) is 33.1 Å². The highest BCUT2D eigenvalue weighted by atomic mass is 79.9. The van der Waals surface area contributed by atoms with Gasteiger partial charge in [-0.25, -0.2) is 4.98 Å². The SMILES string of the molecule is NCCc1ccccc1-c1nc2cccc(Br)c2o1. The summed E-state index contributed by atoms with van der Waals surface area (Å²) in [5.41, 5.74) is 9.45. The molecule has 0 aliphatic rings. The number of para-hydroxylation sites is 1. The van der Waals surface area contributed by atoms with Crippen molar-refractivity contribution < 1.29 is 4.42 Å². The van der Waals surface area contributed by atoms with Crippen molar-refractivity contribution in [3.63, 3.8) is 0 Å². The predicted octanol–water partition coefficient (Wildman–Crippen LogP) is 3.76. The van der Waals surface area contributed by atoms with Gasteiger partial charge in [0, 0.05) is 5.56 Å². The molecule has 0 fully saturated rings. The molecule has 0 radical (unpaired) electrons. The van der Waals surface area contributed by atoms with Crippen LogP contribution in [0, 0.1) is 0 Å². The van der Waals surface area contributed by atoms with Gasteiger partial charge >= 0.3 is 0 Å². The molecule has 0 saturated heterocycles. The summed E-state index contributed by atoms with van der Waals surface area (Å²) in [5.74, 6) is 0.644. The maximum atomic E-state index is 5.87. The van der Waals surface area contributed by atoms with Crippen LogP contribution in [0.1, 0.15) is 5.56 Å². The minimum atomic E-state index is 0.612. The molecular formula is C15H13BrN2O. The van der Waals surface area contributed by atoms with Gasteiger partial charge in [0.05, 0.1) is 4.47 Å². The van der Waals surface area contributed by atoms with E-state index in [1.807, 2.05) is 36.4 Å². The molecule has 19 heavy (non-hydrogen) atoms. The molecule has 3 rings (SSSR count). The second kappa shape index (κ2) is 5.15. The summed E-state index contributed by atoms with van der Waals surface area (Å²) in [4.78, 5) is 4.55. The van der Waals surface area contributed by atoms with Crippen molar-refractivity contribution in [1.82, 2.24) is 4.98 Å². The van der Waals surface area contributed by atoms with E-state index < -0.39 is 0 Å². The number of nitrogens with zero attached hydrogens (tertiary/aromatic N) is 1. The fourth-order valence-corrected chi connectivity index (χ4v) is 2.57. The summed E-state index contributed by atoms with van der Waals surface area (Å²) in [6, 6.07) is 13.9.